The van der Waals surface area contributed by atoms with Gasteiger partial charge in [-0.15, -0.1) is 0 Å². The van der Waals surface area contributed by atoms with Gasteiger partial charge >= 0.3 is 0 Å². The van der Waals surface area contributed by atoms with Crippen molar-refractivity contribution in [2.75, 3.05) is 46.0 Å². The van der Waals surface area contributed by atoms with Crippen molar-refractivity contribution in [3.63, 3.8) is 0 Å². The average molecular weight is 228 g/mol. The van der Waals surface area contributed by atoms with Crippen molar-refractivity contribution in [1.29, 1.82) is 0 Å². The van der Waals surface area contributed by atoms with Gasteiger partial charge in [-0.25, -0.2) is 0 Å². The average Bonchev–Trinajstić information content (AvgIpc) is 2.41. The first kappa shape index (κ1) is 13.3. The molecule has 2 N–H and O–H groups in total. The van der Waals surface area contributed by atoms with Crippen molar-refractivity contribution in [2.45, 2.75) is 6.10 Å². The van der Waals surface area contributed by atoms with Gasteiger partial charge in [0.1, 0.15) is 6.10 Å². The second kappa shape index (κ2) is 8.41. The number of carbonyl (C=O) groups excluding carboxylic acids is 1. The zero-order valence-electron chi connectivity index (χ0n) is 9.54. The van der Waals surface area contributed by atoms with Crippen LogP contribution in [0.2, 0.25) is 0 Å². The number of nitrogens with one attached hydrogen (secondary N) is 2. The fraction of sp³-hybridized carbons (Fsp3) is 0.727. The van der Waals surface area contributed by atoms with Gasteiger partial charge in [0, 0.05) is 26.2 Å². The third-order valence-corrected chi connectivity index (χ3v) is 2.29. The van der Waals surface area contributed by atoms with Gasteiger partial charge in [-0.3, -0.25) is 4.79 Å². The molecule has 0 spiro atoms. The Morgan fingerprint density at radius 2 is 1.88 bits per heavy atom. The standard InChI is InChI=1S/C7H11NO2.C4H9NO/c1-2-6(9)7-5-8-3-4-10-7;1-3-6-4-2-5-1/h2,7-8H,1,3-5H2;5H,1-4H2. The van der Waals surface area contributed by atoms with Crippen molar-refractivity contribution in [3.05, 3.63) is 12.7 Å². The highest BCUT2D eigenvalue weighted by molar-refractivity contribution is 5.93. The Hall–Kier alpha value is -0.750. The summed E-state index contributed by atoms with van der Waals surface area (Å²) in [6.07, 6.45) is 1.00. The number of morpholine rings is 2. The number of ether oxygens (including phenoxy) is 2. The lowest BCUT2D eigenvalue weighted by Gasteiger charge is -2.20. The highest BCUT2D eigenvalue weighted by Crippen LogP contribution is 1.97. The van der Waals surface area contributed by atoms with Gasteiger partial charge in [-0.2, -0.15) is 0 Å². The molecule has 2 rings (SSSR count). The number of carbonyl (C=O) groups is 1. The summed E-state index contributed by atoms with van der Waals surface area (Å²) < 4.78 is 10.2. The van der Waals surface area contributed by atoms with Crippen LogP contribution in [0.4, 0.5) is 0 Å². The van der Waals surface area contributed by atoms with Gasteiger partial charge in [-0.05, 0) is 6.08 Å². The van der Waals surface area contributed by atoms with E-state index in [1.807, 2.05) is 0 Å². The molecule has 2 saturated heterocycles. The van der Waals surface area contributed by atoms with Crippen LogP contribution in [0.1, 0.15) is 0 Å². The molecule has 92 valence electrons. The molecule has 0 aromatic heterocycles. The van der Waals surface area contributed by atoms with E-state index in [4.69, 9.17) is 9.47 Å². The molecular weight excluding hydrogens is 208 g/mol. The van der Waals surface area contributed by atoms with Crippen molar-refractivity contribution < 1.29 is 14.3 Å². The molecule has 0 amide bonds. The van der Waals surface area contributed by atoms with Crippen molar-refractivity contribution in [3.8, 4) is 0 Å². The van der Waals surface area contributed by atoms with Crippen LogP contribution >= 0.6 is 0 Å². The first-order chi connectivity index (χ1) is 7.84. The van der Waals surface area contributed by atoms with Crippen LogP contribution in [0.3, 0.4) is 0 Å². The van der Waals surface area contributed by atoms with Gasteiger partial charge in [-0.1, -0.05) is 6.58 Å². The van der Waals surface area contributed by atoms with Crippen LogP contribution in [-0.2, 0) is 14.3 Å². The monoisotopic (exact) mass is 228 g/mol. The molecule has 0 aromatic rings. The quantitative estimate of drug-likeness (QED) is 0.614. The zero-order chi connectivity index (χ0) is 11.6. The summed E-state index contributed by atoms with van der Waals surface area (Å²) in [7, 11) is 0. The molecule has 2 aliphatic heterocycles. The minimum absolute atomic E-state index is 0.0350. The summed E-state index contributed by atoms with van der Waals surface area (Å²) >= 11 is 0. The van der Waals surface area contributed by atoms with E-state index in [0.717, 1.165) is 32.8 Å². The van der Waals surface area contributed by atoms with Gasteiger partial charge in [0.25, 0.3) is 0 Å². The first-order valence-electron chi connectivity index (χ1n) is 5.61. The molecule has 5 heteroatoms. The SMILES string of the molecule is C1COCCN1.C=CC(=O)C1CNCCO1. The maximum atomic E-state index is 10.9. The van der Waals surface area contributed by atoms with Crippen LogP contribution in [0.5, 0.6) is 0 Å². The zero-order valence-corrected chi connectivity index (χ0v) is 9.54. The predicted octanol–water partition coefficient (Wildman–Crippen LogP) is -0.664. The Balaban J connectivity index is 0.000000181. The van der Waals surface area contributed by atoms with E-state index in [-0.39, 0.29) is 11.9 Å². The summed E-state index contributed by atoms with van der Waals surface area (Å²) in [6.45, 7) is 9.28. The molecule has 0 aromatic carbocycles. The Morgan fingerprint density at radius 1 is 1.19 bits per heavy atom. The molecule has 0 radical (unpaired) electrons. The van der Waals surface area contributed by atoms with Crippen LogP contribution in [-0.4, -0.2) is 57.9 Å². The van der Waals surface area contributed by atoms with Gasteiger partial charge in [0.15, 0.2) is 5.78 Å². The van der Waals surface area contributed by atoms with Crippen LogP contribution in [0.25, 0.3) is 0 Å². The Labute approximate surface area is 96.2 Å². The molecule has 0 saturated carbocycles. The molecule has 0 bridgehead atoms. The summed E-state index contributed by atoms with van der Waals surface area (Å²) in [5.74, 6) is -0.0350. The number of rotatable bonds is 2. The van der Waals surface area contributed by atoms with Gasteiger partial charge in [0.05, 0.1) is 19.8 Å². The fourth-order valence-electron chi connectivity index (χ4n) is 1.40. The highest BCUT2D eigenvalue weighted by atomic mass is 16.5. The molecule has 2 fully saturated rings. The van der Waals surface area contributed by atoms with Gasteiger partial charge < -0.3 is 20.1 Å². The lowest BCUT2D eigenvalue weighted by molar-refractivity contribution is -0.126. The minimum atomic E-state index is -0.300. The molecule has 0 aliphatic carbocycles. The summed E-state index contributed by atoms with van der Waals surface area (Å²) in [6, 6.07) is 0. The molecule has 2 heterocycles. The number of hydrogen-bond acceptors (Lipinski definition) is 5. The summed E-state index contributed by atoms with van der Waals surface area (Å²) in [5, 5.41) is 6.22. The van der Waals surface area contributed by atoms with E-state index < -0.39 is 0 Å². The maximum absolute atomic E-state index is 10.9. The topological polar surface area (TPSA) is 59.6 Å². The van der Waals surface area contributed by atoms with Crippen LogP contribution in [0.15, 0.2) is 12.7 Å². The largest absolute Gasteiger partial charge is 0.379 e. The van der Waals surface area contributed by atoms with E-state index in [9.17, 15) is 4.79 Å². The highest BCUT2D eigenvalue weighted by Gasteiger charge is 2.18. The lowest BCUT2D eigenvalue weighted by Crippen LogP contribution is -2.42. The molecule has 1 unspecified atom stereocenters. The maximum Gasteiger partial charge on any atom is 0.185 e. The van der Waals surface area contributed by atoms with Crippen molar-refractivity contribution in [1.82, 2.24) is 10.6 Å². The lowest BCUT2D eigenvalue weighted by atomic mass is 10.2. The number of hydrogen-bond donors (Lipinski definition) is 2. The fourth-order valence-corrected chi connectivity index (χ4v) is 1.40. The molecule has 16 heavy (non-hydrogen) atoms. The first-order valence-corrected chi connectivity index (χ1v) is 5.61. The van der Waals surface area contributed by atoms with E-state index in [0.29, 0.717) is 13.2 Å². The Morgan fingerprint density at radius 3 is 2.25 bits per heavy atom. The van der Waals surface area contributed by atoms with Gasteiger partial charge in [0.2, 0.25) is 0 Å². The van der Waals surface area contributed by atoms with E-state index in [2.05, 4.69) is 17.2 Å². The van der Waals surface area contributed by atoms with Crippen LogP contribution < -0.4 is 10.6 Å². The normalized spacial score (nSPS) is 25.1. The van der Waals surface area contributed by atoms with E-state index >= 15 is 0 Å². The van der Waals surface area contributed by atoms with E-state index in [1.54, 1.807) is 0 Å². The molecular formula is C11H20N2O3. The molecule has 5 nitrogen and oxygen atoms in total. The second-order valence-corrected chi connectivity index (χ2v) is 3.53. The van der Waals surface area contributed by atoms with Crippen molar-refractivity contribution in [2.24, 2.45) is 0 Å². The number of ketones is 1. The molecule has 2 aliphatic rings. The van der Waals surface area contributed by atoms with Crippen LogP contribution in [0, 0.1) is 0 Å². The second-order valence-electron chi connectivity index (χ2n) is 3.53. The third-order valence-electron chi connectivity index (χ3n) is 2.29. The van der Waals surface area contributed by atoms with Crippen molar-refractivity contribution >= 4 is 5.78 Å². The molecule has 1 atom stereocenters. The summed E-state index contributed by atoms with van der Waals surface area (Å²) in [4.78, 5) is 10.9. The predicted molar refractivity (Wildman–Crippen MR) is 61.5 cm³/mol. The Bertz CT molecular complexity index is 200. The summed E-state index contributed by atoms with van der Waals surface area (Å²) in [5.41, 5.74) is 0. The smallest absolute Gasteiger partial charge is 0.185 e. The third kappa shape index (κ3) is 5.37. The van der Waals surface area contributed by atoms with E-state index in [1.165, 1.54) is 6.08 Å². The minimum Gasteiger partial charge on any atom is -0.379 e. The Kier molecular flexibility index (Phi) is 7.00.